The molecule has 0 unspecified atom stereocenters. The summed E-state index contributed by atoms with van der Waals surface area (Å²) in [6.07, 6.45) is 3.81. The molecule has 1 aliphatic heterocycles. The zero-order valence-corrected chi connectivity index (χ0v) is 20.5. The maximum Gasteiger partial charge on any atom is 0.242 e. The molecule has 0 radical (unpaired) electrons. The van der Waals surface area contributed by atoms with Crippen LogP contribution in [0.4, 0.5) is 5.69 Å². The van der Waals surface area contributed by atoms with E-state index in [-0.39, 0.29) is 4.90 Å². The SMILES string of the molecule is CN1CCN(c2ccc(-c3cnc4[nH]cc(-c5ccc(S(=O)(=O)N(C)C)cc5)c4c3)cc2)CC1. The second-order valence-corrected chi connectivity index (χ2v) is 11.1. The number of sulfonamides is 1. The Hall–Kier alpha value is -3.20. The lowest BCUT2D eigenvalue weighted by atomic mass is 10.0. The van der Waals surface area contributed by atoms with E-state index in [1.54, 1.807) is 12.1 Å². The van der Waals surface area contributed by atoms with Gasteiger partial charge in [0.2, 0.25) is 10.0 Å². The maximum absolute atomic E-state index is 12.4. The molecule has 0 amide bonds. The summed E-state index contributed by atoms with van der Waals surface area (Å²) in [5.74, 6) is 0. The number of benzene rings is 2. The standard InChI is InChI=1S/C26H29N5O2S/c1-29(2)34(32,33)23-10-6-20(7-11-23)25-18-28-26-24(25)16-21(17-27-26)19-4-8-22(9-5-19)31-14-12-30(3)13-15-31/h4-11,16-18H,12-15H2,1-3H3,(H,27,28). The van der Waals surface area contributed by atoms with E-state index in [0.29, 0.717) is 0 Å². The first-order chi connectivity index (χ1) is 16.3. The number of likely N-dealkylation sites (N-methyl/N-ethyl adjacent to an activating group) is 1. The van der Waals surface area contributed by atoms with Gasteiger partial charge in [-0.05, 0) is 48.5 Å². The predicted molar refractivity (Wildman–Crippen MR) is 138 cm³/mol. The van der Waals surface area contributed by atoms with Crippen LogP contribution in [0, 0.1) is 0 Å². The Morgan fingerprint density at radius 3 is 2.18 bits per heavy atom. The number of H-pyrrole nitrogens is 1. The van der Waals surface area contributed by atoms with Crippen LogP contribution in [0.25, 0.3) is 33.3 Å². The number of anilines is 1. The molecule has 0 bridgehead atoms. The zero-order chi connectivity index (χ0) is 23.9. The van der Waals surface area contributed by atoms with Crippen LogP contribution in [-0.2, 0) is 10.0 Å². The first-order valence-electron chi connectivity index (χ1n) is 11.4. The third-order valence-electron chi connectivity index (χ3n) is 6.54. The lowest BCUT2D eigenvalue weighted by Crippen LogP contribution is -2.44. The molecule has 0 aliphatic carbocycles. The molecule has 1 N–H and O–H groups in total. The molecule has 3 heterocycles. The second-order valence-electron chi connectivity index (χ2n) is 8.97. The fourth-order valence-electron chi connectivity index (χ4n) is 4.35. The number of pyridine rings is 1. The van der Waals surface area contributed by atoms with E-state index in [9.17, 15) is 8.42 Å². The van der Waals surface area contributed by atoms with Crippen molar-refractivity contribution in [1.29, 1.82) is 0 Å². The highest BCUT2D eigenvalue weighted by molar-refractivity contribution is 7.89. The van der Waals surface area contributed by atoms with Crippen LogP contribution < -0.4 is 4.90 Å². The van der Waals surface area contributed by atoms with E-state index in [4.69, 9.17) is 0 Å². The molecule has 4 aromatic rings. The minimum atomic E-state index is -3.45. The highest BCUT2D eigenvalue weighted by atomic mass is 32.2. The van der Waals surface area contributed by atoms with E-state index < -0.39 is 10.0 Å². The fourth-order valence-corrected chi connectivity index (χ4v) is 5.25. The highest BCUT2D eigenvalue weighted by Crippen LogP contribution is 2.32. The number of hydrogen-bond acceptors (Lipinski definition) is 5. The summed E-state index contributed by atoms with van der Waals surface area (Å²) in [5, 5.41) is 1.00. The van der Waals surface area contributed by atoms with Crippen molar-refractivity contribution >= 4 is 26.7 Å². The van der Waals surface area contributed by atoms with Gasteiger partial charge in [-0.3, -0.25) is 0 Å². The van der Waals surface area contributed by atoms with Crippen LogP contribution in [0.5, 0.6) is 0 Å². The van der Waals surface area contributed by atoms with Crippen LogP contribution in [-0.4, -0.2) is 74.9 Å². The van der Waals surface area contributed by atoms with E-state index in [1.807, 2.05) is 24.5 Å². The average molecular weight is 476 g/mol. The number of piperazine rings is 1. The van der Waals surface area contributed by atoms with Gasteiger partial charge in [-0.1, -0.05) is 24.3 Å². The topological polar surface area (TPSA) is 72.5 Å². The Labute approximate surface area is 200 Å². The van der Waals surface area contributed by atoms with Crippen LogP contribution in [0.15, 0.2) is 71.9 Å². The molecule has 1 saturated heterocycles. The van der Waals surface area contributed by atoms with E-state index in [2.05, 4.69) is 57.1 Å². The summed E-state index contributed by atoms with van der Waals surface area (Å²) in [6.45, 7) is 4.26. The van der Waals surface area contributed by atoms with Gasteiger partial charge < -0.3 is 14.8 Å². The summed E-state index contributed by atoms with van der Waals surface area (Å²) in [6, 6.07) is 17.8. The third kappa shape index (κ3) is 4.20. The summed E-state index contributed by atoms with van der Waals surface area (Å²) in [4.78, 5) is 12.9. The number of aromatic nitrogens is 2. The van der Waals surface area contributed by atoms with Gasteiger partial charge in [-0.25, -0.2) is 17.7 Å². The molecule has 34 heavy (non-hydrogen) atoms. The van der Waals surface area contributed by atoms with Crippen LogP contribution in [0.1, 0.15) is 0 Å². The van der Waals surface area contributed by atoms with Crippen molar-refractivity contribution in [1.82, 2.24) is 19.2 Å². The molecular weight excluding hydrogens is 446 g/mol. The summed E-state index contributed by atoms with van der Waals surface area (Å²) in [5.41, 5.74) is 6.15. The lowest BCUT2D eigenvalue weighted by molar-refractivity contribution is 0.313. The Morgan fingerprint density at radius 1 is 0.882 bits per heavy atom. The van der Waals surface area contributed by atoms with Crippen LogP contribution in [0.2, 0.25) is 0 Å². The van der Waals surface area contributed by atoms with Crippen molar-refractivity contribution in [3.05, 3.63) is 67.0 Å². The quantitative estimate of drug-likeness (QED) is 0.474. The Bertz CT molecular complexity index is 1400. The van der Waals surface area contributed by atoms with Gasteiger partial charge in [-0.2, -0.15) is 0 Å². The number of fused-ring (bicyclic) bond motifs is 1. The molecule has 1 fully saturated rings. The summed E-state index contributed by atoms with van der Waals surface area (Å²) >= 11 is 0. The van der Waals surface area contributed by atoms with Crippen LogP contribution >= 0.6 is 0 Å². The molecule has 0 atom stereocenters. The molecule has 0 saturated carbocycles. The van der Waals surface area contributed by atoms with Crippen molar-refractivity contribution in [3.63, 3.8) is 0 Å². The molecule has 0 spiro atoms. The van der Waals surface area contributed by atoms with Crippen molar-refractivity contribution in [2.45, 2.75) is 4.90 Å². The number of aromatic amines is 1. The van der Waals surface area contributed by atoms with Gasteiger partial charge in [-0.15, -0.1) is 0 Å². The smallest absolute Gasteiger partial charge is 0.242 e. The number of nitrogens with zero attached hydrogens (tertiary/aromatic N) is 4. The molecule has 176 valence electrons. The van der Waals surface area contributed by atoms with Gasteiger partial charge >= 0.3 is 0 Å². The molecule has 2 aromatic carbocycles. The molecular formula is C26H29N5O2S. The molecule has 5 rings (SSSR count). The molecule has 1 aliphatic rings. The molecule has 7 nitrogen and oxygen atoms in total. The van der Waals surface area contributed by atoms with Crippen molar-refractivity contribution in [2.75, 3.05) is 52.2 Å². The Morgan fingerprint density at radius 2 is 1.53 bits per heavy atom. The van der Waals surface area contributed by atoms with Crippen molar-refractivity contribution in [3.8, 4) is 22.3 Å². The van der Waals surface area contributed by atoms with Crippen molar-refractivity contribution < 1.29 is 8.42 Å². The van der Waals surface area contributed by atoms with Gasteiger partial charge in [0.15, 0.2) is 0 Å². The number of hydrogen-bond donors (Lipinski definition) is 1. The number of nitrogens with one attached hydrogen (secondary N) is 1. The van der Waals surface area contributed by atoms with Crippen molar-refractivity contribution in [2.24, 2.45) is 0 Å². The molecule has 8 heteroatoms. The summed E-state index contributed by atoms with van der Waals surface area (Å²) < 4.78 is 26.0. The summed E-state index contributed by atoms with van der Waals surface area (Å²) in [7, 11) is 1.78. The highest BCUT2D eigenvalue weighted by Gasteiger charge is 2.18. The van der Waals surface area contributed by atoms with E-state index >= 15 is 0 Å². The minimum Gasteiger partial charge on any atom is -0.369 e. The Kier molecular flexibility index (Phi) is 5.89. The van der Waals surface area contributed by atoms with Crippen LogP contribution in [0.3, 0.4) is 0 Å². The normalized spacial score (nSPS) is 15.4. The zero-order valence-electron chi connectivity index (χ0n) is 19.7. The predicted octanol–water partition coefficient (Wildman–Crippen LogP) is 3.90. The third-order valence-corrected chi connectivity index (χ3v) is 8.37. The van der Waals surface area contributed by atoms with E-state index in [1.165, 1.54) is 24.1 Å². The first kappa shape index (κ1) is 22.6. The first-order valence-corrected chi connectivity index (χ1v) is 12.8. The minimum absolute atomic E-state index is 0.278. The van der Waals surface area contributed by atoms with Gasteiger partial charge in [0.05, 0.1) is 4.90 Å². The maximum atomic E-state index is 12.4. The number of rotatable bonds is 5. The lowest BCUT2D eigenvalue weighted by Gasteiger charge is -2.34. The Balaban J connectivity index is 1.43. The van der Waals surface area contributed by atoms with Gasteiger partial charge in [0.1, 0.15) is 5.65 Å². The monoisotopic (exact) mass is 475 g/mol. The van der Waals surface area contributed by atoms with E-state index in [0.717, 1.165) is 59.5 Å². The fraction of sp³-hybridized carbons (Fsp3) is 0.269. The largest absolute Gasteiger partial charge is 0.369 e. The second kappa shape index (κ2) is 8.87. The van der Waals surface area contributed by atoms with Gasteiger partial charge in [0.25, 0.3) is 0 Å². The average Bonchev–Trinajstić information content (AvgIpc) is 3.28. The van der Waals surface area contributed by atoms with Gasteiger partial charge in [0, 0.05) is 74.9 Å². The molecule has 2 aromatic heterocycles.